The first-order valence-corrected chi connectivity index (χ1v) is 6.07. The van der Waals surface area contributed by atoms with E-state index in [2.05, 4.69) is 5.32 Å². The van der Waals surface area contributed by atoms with E-state index in [1.807, 2.05) is 0 Å². The fourth-order valence-corrected chi connectivity index (χ4v) is 1.92. The lowest BCUT2D eigenvalue weighted by atomic mass is 10.1. The van der Waals surface area contributed by atoms with Gasteiger partial charge in [0.2, 0.25) is 0 Å². The summed E-state index contributed by atoms with van der Waals surface area (Å²) in [6, 6.07) is 5.82. The average Bonchev–Trinajstić information content (AvgIpc) is 2.43. The van der Waals surface area contributed by atoms with Crippen molar-refractivity contribution in [1.82, 2.24) is 0 Å². The molecular formula is C14H12F2N2O3. The molecule has 7 heteroatoms. The van der Waals surface area contributed by atoms with E-state index in [1.165, 1.54) is 6.07 Å². The lowest BCUT2D eigenvalue weighted by molar-refractivity contribution is -0.384. The standard InChI is InChI=1S/C14H12F2N2O3/c1-8(11-6-9(15)2-5-14(11)19)17-13-7-10(18(20)21)3-4-12(13)16/h2-8,17,19H,1H3. The summed E-state index contributed by atoms with van der Waals surface area (Å²) in [6.45, 7) is 1.58. The van der Waals surface area contributed by atoms with Gasteiger partial charge in [-0.25, -0.2) is 8.78 Å². The highest BCUT2D eigenvalue weighted by Gasteiger charge is 2.16. The summed E-state index contributed by atoms with van der Waals surface area (Å²) in [5, 5.41) is 23.1. The Morgan fingerprint density at radius 2 is 1.95 bits per heavy atom. The van der Waals surface area contributed by atoms with Crippen LogP contribution in [-0.2, 0) is 0 Å². The van der Waals surface area contributed by atoms with Gasteiger partial charge in [-0.05, 0) is 31.2 Å². The molecule has 0 radical (unpaired) electrons. The van der Waals surface area contributed by atoms with E-state index < -0.39 is 22.6 Å². The molecular weight excluding hydrogens is 282 g/mol. The first kappa shape index (κ1) is 14.7. The number of halogens is 2. The van der Waals surface area contributed by atoms with E-state index in [1.54, 1.807) is 6.92 Å². The average molecular weight is 294 g/mol. The molecule has 2 aromatic rings. The predicted molar refractivity (Wildman–Crippen MR) is 73.2 cm³/mol. The lowest BCUT2D eigenvalue weighted by Gasteiger charge is -2.17. The molecule has 0 aliphatic heterocycles. The Bertz CT molecular complexity index is 692. The van der Waals surface area contributed by atoms with E-state index in [-0.39, 0.29) is 22.7 Å². The SMILES string of the molecule is CC(Nc1cc([N+](=O)[O-])ccc1F)c1cc(F)ccc1O. The number of hydrogen-bond donors (Lipinski definition) is 2. The van der Waals surface area contributed by atoms with Crippen molar-refractivity contribution in [3.05, 3.63) is 63.7 Å². The third-order valence-electron chi connectivity index (χ3n) is 2.99. The maximum absolute atomic E-state index is 13.7. The second-order valence-electron chi connectivity index (χ2n) is 4.49. The molecule has 0 fully saturated rings. The quantitative estimate of drug-likeness (QED) is 0.665. The van der Waals surface area contributed by atoms with Crippen LogP contribution in [-0.4, -0.2) is 10.0 Å². The van der Waals surface area contributed by atoms with Crippen LogP contribution in [0.4, 0.5) is 20.2 Å². The predicted octanol–water partition coefficient (Wildman–Crippen LogP) is 3.75. The van der Waals surface area contributed by atoms with Crippen molar-refractivity contribution in [3.63, 3.8) is 0 Å². The maximum Gasteiger partial charge on any atom is 0.271 e. The number of anilines is 1. The van der Waals surface area contributed by atoms with Crippen LogP contribution in [0.15, 0.2) is 36.4 Å². The second-order valence-corrected chi connectivity index (χ2v) is 4.49. The summed E-state index contributed by atoms with van der Waals surface area (Å²) in [5.74, 6) is -1.37. The van der Waals surface area contributed by atoms with Crippen molar-refractivity contribution in [2.75, 3.05) is 5.32 Å². The Labute approximate surface area is 119 Å². The minimum absolute atomic E-state index is 0.0969. The first-order chi connectivity index (χ1) is 9.88. The molecule has 2 N–H and O–H groups in total. The number of phenolic OH excluding ortho intramolecular Hbond substituents is 1. The Hall–Kier alpha value is -2.70. The molecule has 0 saturated carbocycles. The van der Waals surface area contributed by atoms with E-state index in [0.29, 0.717) is 0 Å². The number of nitrogens with one attached hydrogen (secondary N) is 1. The summed E-state index contributed by atoms with van der Waals surface area (Å²) in [6.07, 6.45) is 0. The van der Waals surface area contributed by atoms with Crippen molar-refractivity contribution < 1.29 is 18.8 Å². The molecule has 0 bridgehead atoms. The highest BCUT2D eigenvalue weighted by atomic mass is 19.1. The van der Waals surface area contributed by atoms with Crippen molar-refractivity contribution in [1.29, 1.82) is 0 Å². The van der Waals surface area contributed by atoms with Gasteiger partial charge in [0, 0.05) is 17.7 Å². The van der Waals surface area contributed by atoms with E-state index in [0.717, 1.165) is 30.3 Å². The number of aromatic hydroxyl groups is 1. The van der Waals surface area contributed by atoms with Crippen LogP contribution in [0.2, 0.25) is 0 Å². The van der Waals surface area contributed by atoms with Gasteiger partial charge in [0.25, 0.3) is 5.69 Å². The number of phenols is 1. The van der Waals surface area contributed by atoms with Crippen molar-refractivity contribution in [3.8, 4) is 5.75 Å². The summed E-state index contributed by atoms with van der Waals surface area (Å²) >= 11 is 0. The molecule has 0 aromatic heterocycles. The normalized spacial score (nSPS) is 12.0. The number of non-ortho nitro benzene ring substituents is 1. The number of nitrogens with zero attached hydrogens (tertiary/aromatic N) is 1. The molecule has 21 heavy (non-hydrogen) atoms. The van der Waals surface area contributed by atoms with Gasteiger partial charge in [-0.2, -0.15) is 0 Å². The molecule has 0 aliphatic carbocycles. The van der Waals surface area contributed by atoms with Gasteiger partial charge in [0.15, 0.2) is 0 Å². The van der Waals surface area contributed by atoms with Gasteiger partial charge < -0.3 is 10.4 Å². The van der Waals surface area contributed by atoms with E-state index >= 15 is 0 Å². The van der Waals surface area contributed by atoms with Gasteiger partial charge in [-0.15, -0.1) is 0 Å². The smallest absolute Gasteiger partial charge is 0.271 e. The van der Waals surface area contributed by atoms with E-state index in [4.69, 9.17) is 0 Å². The number of nitro benzene ring substituents is 1. The zero-order valence-corrected chi connectivity index (χ0v) is 11.0. The van der Waals surface area contributed by atoms with Gasteiger partial charge in [-0.3, -0.25) is 10.1 Å². The van der Waals surface area contributed by atoms with E-state index in [9.17, 15) is 24.0 Å². The Kier molecular flexibility index (Phi) is 4.02. The zero-order valence-electron chi connectivity index (χ0n) is 11.0. The fourth-order valence-electron chi connectivity index (χ4n) is 1.92. The molecule has 110 valence electrons. The second kappa shape index (κ2) is 5.74. The third kappa shape index (κ3) is 3.25. The summed E-state index contributed by atoms with van der Waals surface area (Å²) < 4.78 is 26.9. The monoisotopic (exact) mass is 294 g/mol. The van der Waals surface area contributed by atoms with Crippen LogP contribution in [0.5, 0.6) is 5.75 Å². The van der Waals surface area contributed by atoms with Crippen LogP contribution in [0.25, 0.3) is 0 Å². The highest BCUT2D eigenvalue weighted by Crippen LogP contribution is 2.30. The van der Waals surface area contributed by atoms with Gasteiger partial charge in [-0.1, -0.05) is 0 Å². The Morgan fingerprint density at radius 3 is 2.62 bits per heavy atom. The number of benzene rings is 2. The minimum Gasteiger partial charge on any atom is -0.508 e. The van der Waals surface area contributed by atoms with Gasteiger partial charge in [0.05, 0.1) is 16.7 Å². The number of nitro groups is 1. The third-order valence-corrected chi connectivity index (χ3v) is 2.99. The number of hydrogen-bond acceptors (Lipinski definition) is 4. The van der Waals surface area contributed by atoms with Crippen LogP contribution in [0.3, 0.4) is 0 Å². The van der Waals surface area contributed by atoms with Crippen LogP contribution < -0.4 is 5.32 Å². The largest absolute Gasteiger partial charge is 0.508 e. The number of rotatable bonds is 4. The van der Waals surface area contributed by atoms with Gasteiger partial charge >= 0.3 is 0 Å². The minimum atomic E-state index is -0.677. The Morgan fingerprint density at radius 1 is 1.24 bits per heavy atom. The van der Waals surface area contributed by atoms with Crippen molar-refractivity contribution >= 4 is 11.4 Å². The molecule has 0 heterocycles. The lowest BCUT2D eigenvalue weighted by Crippen LogP contribution is -2.09. The zero-order chi connectivity index (χ0) is 15.6. The van der Waals surface area contributed by atoms with Crippen molar-refractivity contribution in [2.24, 2.45) is 0 Å². The van der Waals surface area contributed by atoms with Crippen LogP contribution in [0, 0.1) is 21.7 Å². The van der Waals surface area contributed by atoms with Crippen molar-refractivity contribution in [2.45, 2.75) is 13.0 Å². The molecule has 1 unspecified atom stereocenters. The fraction of sp³-hybridized carbons (Fsp3) is 0.143. The molecule has 0 spiro atoms. The van der Waals surface area contributed by atoms with Crippen LogP contribution >= 0.6 is 0 Å². The summed E-state index contributed by atoms with van der Waals surface area (Å²) in [5.41, 5.74) is -0.143. The molecule has 1 atom stereocenters. The molecule has 2 rings (SSSR count). The topological polar surface area (TPSA) is 75.4 Å². The van der Waals surface area contributed by atoms with Crippen LogP contribution in [0.1, 0.15) is 18.5 Å². The molecule has 5 nitrogen and oxygen atoms in total. The summed E-state index contributed by atoms with van der Waals surface area (Å²) in [4.78, 5) is 10.0. The molecule has 2 aromatic carbocycles. The highest BCUT2D eigenvalue weighted by molar-refractivity contribution is 5.54. The summed E-state index contributed by atoms with van der Waals surface area (Å²) in [7, 11) is 0. The molecule has 0 aliphatic rings. The maximum atomic E-state index is 13.7. The molecule has 0 saturated heterocycles. The van der Waals surface area contributed by atoms with Gasteiger partial charge in [0.1, 0.15) is 17.4 Å². The molecule has 0 amide bonds. The first-order valence-electron chi connectivity index (χ1n) is 6.07. The Balaban J connectivity index is 2.31.